The van der Waals surface area contributed by atoms with Gasteiger partial charge in [-0.05, 0) is 50.2 Å². The van der Waals surface area contributed by atoms with Crippen molar-refractivity contribution in [1.29, 1.82) is 0 Å². The molecule has 0 radical (unpaired) electrons. The Morgan fingerprint density at radius 2 is 2.04 bits per heavy atom. The lowest BCUT2D eigenvalue weighted by Crippen LogP contribution is -2.25. The summed E-state index contributed by atoms with van der Waals surface area (Å²) in [6, 6.07) is 10.9. The van der Waals surface area contributed by atoms with Gasteiger partial charge in [-0.2, -0.15) is 0 Å². The zero-order valence-corrected chi connectivity index (χ0v) is 14.2. The number of furan rings is 1. The van der Waals surface area contributed by atoms with Crippen molar-refractivity contribution in [2.24, 2.45) is 0 Å². The highest BCUT2D eigenvalue weighted by atomic mass is 35.5. The first-order valence-corrected chi connectivity index (χ1v) is 8.07. The normalized spacial score (nSPS) is 13.8. The molecule has 2 atom stereocenters. The van der Waals surface area contributed by atoms with Crippen LogP contribution in [0.4, 0.5) is 0 Å². The summed E-state index contributed by atoms with van der Waals surface area (Å²) in [5.74, 6) is 0.538. The number of aliphatic hydroxyl groups excluding tert-OH is 1. The summed E-state index contributed by atoms with van der Waals surface area (Å²) in [5, 5.41) is 22.5. The fourth-order valence-corrected chi connectivity index (χ4v) is 2.66. The van der Waals surface area contributed by atoms with Crippen molar-refractivity contribution < 1.29 is 9.52 Å². The second-order valence-corrected chi connectivity index (χ2v) is 6.05. The van der Waals surface area contributed by atoms with Crippen molar-refractivity contribution in [3.05, 3.63) is 64.8 Å². The minimum absolute atomic E-state index is 0.0596. The van der Waals surface area contributed by atoms with E-state index in [9.17, 15) is 5.11 Å². The molecule has 0 bridgehead atoms. The highest BCUT2D eigenvalue weighted by molar-refractivity contribution is 6.30. The first kappa shape index (κ1) is 16.7. The zero-order chi connectivity index (χ0) is 17.1. The number of nitrogens with one attached hydrogen (secondary N) is 1. The van der Waals surface area contributed by atoms with Gasteiger partial charge in [0, 0.05) is 11.6 Å². The van der Waals surface area contributed by atoms with E-state index in [1.54, 1.807) is 23.1 Å². The molecule has 0 spiro atoms. The van der Waals surface area contributed by atoms with Crippen LogP contribution in [0.1, 0.15) is 36.2 Å². The van der Waals surface area contributed by atoms with Crippen molar-refractivity contribution in [3.8, 4) is 5.69 Å². The summed E-state index contributed by atoms with van der Waals surface area (Å²) < 4.78 is 6.97. The van der Waals surface area contributed by atoms with Crippen molar-refractivity contribution in [3.63, 3.8) is 0 Å². The third kappa shape index (κ3) is 3.51. The standard InChI is InChI=1S/C17H19ClN4O2/c1-11(19-10-15(23)16-4-3-9-24-16)17-12(2)22(21-20-17)14-7-5-13(18)6-8-14/h3-9,11,15,19,23H,10H2,1-2H3. The van der Waals surface area contributed by atoms with Gasteiger partial charge < -0.3 is 14.8 Å². The molecular formula is C17H19ClN4O2. The summed E-state index contributed by atoms with van der Waals surface area (Å²) >= 11 is 5.92. The molecule has 2 heterocycles. The van der Waals surface area contributed by atoms with E-state index in [0.717, 1.165) is 17.1 Å². The van der Waals surface area contributed by atoms with E-state index in [0.29, 0.717) is 17.3 Å². The molecule has 0 saturated heterocycles. The van der Waals surface area contributed by atoms with Crippen LogP contribution in [0.2, 0.25) is 5.02 Å². The Labute approximate surface area is 145 Å². The lowest BCUT2D eigenvalue weighted by Gasteiger charge is -2.15. The average Bonchev–Trinajstić information content (AvgIpc) is 3.23. The number of nitrogens with zero attached hydrogens (tertiary/aromatic N) is 3. The van der Waals surface area contributed by atoms with Crippen LogP contribution in [0.15, 0.2) is 47.1 Å². The van der Waals surface area contributed by atoms with Crippen molar-refractivity contribution >= 4 is 11.6 Å². The van der Waals surface area contributed by atoms with E-state index in [-0.39, 0.29) is 6.04 Å². The summed E-state index contributed by atoms with van der Waals surface area (Å²) in [6.45, 7) is 4.31. The lowest BCUT2D eigenvalue weighted by molar-refractivity contribution is 0.144. The topological polar surface area (TPSA) is 76.1 Å². The predicted octanol–water partition coefficient (Wildman–Crippen LogP) is 3.21. The largest absolute Gasteiger partial charge is 0.467 e. The van der Waals surface area contributed by atoms with Gasteiger partial charge in [-0.3, -0.25) is 0 Å². The number of aromatic nitrogens is 3. The number of aliphatic hydroxyl groups is 1. The second-order valence-electron chi connectivity index (χ2n) is 5.61. The molecule has 2 unspecified atom stereocenters. The average molecular weight is 347 g/mol. The van der Waals surface area contributed by atoms with E-state index >= 15 is 0 Å². The fourth-order valence-electron chi connectivity index (χ4n) is 2.53. The molecule has 0 amide bonds. The molecule has 1 aromatic carbocycles. The van der Waals surface area contributed by atoms with Crippen LogP contribution in [-0.4, -0.2) is 26.6 Å². The van der Waals surface area contributed by atoms with E-state index in [4.69, 9.17) is 16.0 Å². The molecule has 0 aliphatic heterocycles. The number of rotatable bonds is 6. The predicted molar refractivity (Wildman–Crippen MR) is 91.2 cm³/mol. The summed E-state index contributed by atoms with van der Waals surface area (Å²) in [5.41, 5.74) is 2.67. The fraction of sp³-hybridized carbons (Fsp3) is 0.294. The molecule has 3 aromatic rings. The summed E-state index contributed by atoms with van der Waals surface area (Å²) in [7, 11) is 0. The molecule has 0 fully saturated rings. The van der Waals surface area contributed by atoms with E-state index < -0.39 is 6.10 Å². The van der Waals surface area contributed by atoms with E-state index in [1.165, 1.54) is 0 Å². The summed E-state index contributed by atoms with van der Waals surface area (Å²) in [6.07, 6.45) is 0.846. The van der Waals surface area contributed by atoms with Gasteiger partial charge in [0.1, 0.15) is 17.6 Å². The van der Waals surface area contributed by atoms with Crippen LogP contribution in [0.25, 0.3) is 5.69 Å². The molecule has 0 aliphatic rings. The van der Waals surface area contributed by atoms with E-state index in [1.807, 2.05) is 38.1 Å². The van der Waals surface area contributed by atoms with E-state index in [2.05, 4.69) is 15.6 Å². The molecule has 2 aromatic heterocycles. The molecule has 24 heavy (non-hydrogen) atoms. The van der Waals surface area contributed by atoms with Crippen molar-refractivity contribution in [2.75, 3.05) is 6.54 Å². The molecule has 7 heteroatoms. The van der Waals surface area contributed by atoms with Gasteiger partial charge in [-0.25, -0.2) is 4.68 Å². The third-order valence-corrected chi connectivity index (χ3v) is 4.15. The number of benzene rings is 1. The van der Waals surface area contributed by atoms with Crippen LogP contribution >= 0.6 is 11.6 Å². The Kier molecular flexibility index (Phi) is 4.99. The summed E-state index contributed by atoms with van der Waals surface area (Å²) in [4.78, 5) is 0. The lowest BCUT2D eigenvalue weighted by atomic mass is 10.1. The van der Waals surface area contributed by atoms with Gasteiger partial charge in [0.2, 0.25) is 0 Å². The molecule has 3 rings (SSSR count). The zero-order valence-electron chi connectivity index (χ0n) is 13.5. The van der Waals surface area contributed by atoms with Gasteiger partial charge in [0.05, 0.1) is 23.7 Å². The third-order valence-electron chi connectivity index (χ3n) is 3.90. The van der Waals surface area contributed by atoms with Crippen LogP contribution in [-0.2, 0) is 0 Å². The van der Waals surface area contributed by atoms with Gasteiger partial charge in [0.25, 0.3) is 0 Å². The van der Waals surface area contributed by atoms with Crippen LogP contribution in [0.3, 0.4) is 0 Å². The van der Waals surface area contributed by atoms with Gasteiger partial charge in [-0.1, -0.05) is 16.8 Å². The maximum atomic E-state index is 10.1. The molecule has 0 aliphatic carbocycles. The second kappa shape index (κ2) is 7.17. The first-order valence-electron chi connectivity index (χ1n) is 7.69. The monoisotopic (exact) mass is 346 g/mol. The van der Waals surface area contributed by atoms with Crippen molar-refractivity contribution in [1.82, 2.24) is 20.3 Å². The Balaban J connectivity index is 1.69. The number of hydrogen-bond acceptors (Lipinski definition) is 5. The Morgan fingerprint density at radius 1 is 1.29 bits per heavy atom. The van der Waals surface area contributed by atoms with Gasteiger partial charge in [-0.15, -0.1) is 5.10 Å². The highest BCUT2D eigenvalue weighted by Crippen LogP contribution is 2.20. The Morgan fingerprint density at radius 3 is 2.71 bits per heavy atom. The molecule has 2 N–H and O–H groups in total. The van der Waals surface area contributed by atoms with Gasteiger partial charge in [0.15, 0.2) is 0 Å². The minimum Gasteiger partial charge on any atom is -0.467 e. The maximum Gasteiger partial charge on any atom is 0.133 e. The Hall–Kier alpha value is -2.15. The minimum atomic E-state index is -0.700. The Bertz CT molecular complexity index is 784. The van der Waals surface area contributed by atoms with Crippen LogP contribution in [0.5, 0.6) is 0 Å². The SMILES string of the molecule is Cc1c(C(C)NCC(O)c2ccco2)nnn1-c1ccc(Cl)cc1. The molecule has 126 valence electrons. The quantitative estimate of drug-likeness (QED) is 0.716. The maximum absolute atomic E-state index is 10.1. The highest BCUT2D eigenvalue weighted by Gasteiger charge is 2.18. The van der Waals surface area contributed by atoms with Crippen LogP contribution in [0, 0.1) is 6.92 Å². The number of hydrogen-bond donors (Lipinski definition) is 2. The van der Waals surface area contributed by atoms with Gasteiger partial charge >= 0.3 is 0 Å². The molecule has 0 saturated carbocycles. The van der Waals surface area contributed by atoms with Crippen molar-refractivity contribution in [2.45, 2.75) is 26.0 Å². The molecular weight excluding hydrogens is 328 g/mol. The molecule has 6 nitrogen and oxygen atoms in total. The number of halogens is 1. The van der Waals surface area contributed by atoms with Crippen LogP contribution < -0.4 is 5.32 Å². The first-order chi connectivity index (χ1) is 11.6. The smallest absolute Gasteiger partial charge is 0.133 e.